The van der Waals surface area contributed by atoms with Gasteiger partial charge in [-0.1, -0.05) is 0 Å². The fourth-order valence-corrected chi connectivity index (χ4v) is 3.83. The van der Waals surface area contributed by atoms with E-state index in [1.807, 2.05) is 6.07 Å². The first-order valence-corrected chi connectivity index (χ1v) is 9.58. The van der Waals surface area contributed by atoms with Crippen LogP contribution in [0, 0.1) is 22.6 Å². The summed E-state index contributed by atoms with van der Waals surface area (Å²) in [6.07, 6.45) is 3.85. The highest BCUT2D eigenvalue weighted by Gasteiger charge is 2.48. The SMILES string of the molecule is C[C@@]1(C(=O)N2CCOc3c(C#N)cncc3C2)CCN(c2ncc(F)cn2)C[C@@H]1F. The Hall–Kier alpha value is -3.35. The Bertz CT molecular complexity index is 996. The van der Waals surface area contributed by atoms with Gasteiger partial charge in [0.15, 0.2) is 5.82 Å². The highest BCUT2D eigenvalue weighted by molar-refractivity contribution is 5.83. The molecule has 10 heteroatoms. The summed E-state index contributed by atoms with van der Waals surface area (Å²) in [5, 5.41) is 9.24. The number of nitrogens with zero attached hydrogens (tertiary/aromatic N) is 6. The van der Waals surface area contributed by atoms with Crippen molar-refractivity contribution in [2.75, 3.05) is 31.1 Å². The summed E-state index contributed by atoms with van der Waals surface area (Å²) in [4.78, 5) is 28.3. The third-order valence-corrected chi connectivity index (χ3v) is 5.70. The van der Waals surface area contributed by atoms with Crippen LogP contribution in [0.15, 0.2) is 24.8 Å². The summed E-state index contributed by atoms with van der Waals surface area (Å²) < 4.78 is 34.0. The van der Waals surface area contributed by atoms with Gasteiger partial charge in [0.05, 0.1) is 37.4 Å². The number of pyridine rings is 1. The van der Waals surface area contributed by atoms with Gasteiger partial charge in [0.25, 0.3) is 0 Å². The van der Waals surface area contributed by atoms with Crippen molar-refractivity contribution in [1.29, 1.82) is 5.26 Å². The molecule has 1 amide bonds. The maximum Gasteiger partial charge on any atom is 0.232 e. The molecule has 2 aliphatic heterocycles. The van der Waals surface area contributed by atoms with Crippen LogP contribution in [0.5, 0.6) is 5.75 Å². The number of ether oxygens (including phenoxy) is 1. The molecule has 0 unspecified atom stereocenters. The van der Waals surface area contributed by atoms with Crippen molar-refractivity contribution in [3.05, 3.63) is 41.7 Å². The molecule has 1 saturated heterocycles. The number of anilines is 1. The van der Waals surface area contributed by atoms with Crippen molar-refractivity contribution in [2.45, 2.75) is 26.1 Å². The van der Waals surface area contributed by atoms with Crippen LogP contribution in [0.1, 0.15) is 24.5 Å². The molecular formula is C20H20F2N6O2. The van der Waals surface area contributed by atoms with Gasteiger partial charge >= 0.3 is 0 Å². The molecule has 4 rings (SSSR count). The molecule has 2 aromatic heterocycles. The molecule has 2 aromatic rings. The van der Waals surface area contributed by atoms with Crippen LogP contribution >= 0.6 is 0 Å². The van der Waals surface area contributed by atoms with Crippen LogP contribution in [0.4, 0.5) is 14.7 Å². The third-order valence-electron chi connectivity index (χ3n) is 5.70. The fourth-order valence-electron chi connectivity index (χ4n) is 3.83. The molecule has 0 aromatic carbocycles. The number of hydrogen-bond donors (Lipinski definition) is 0. The van der Waals surface area contributed by atoms with E-state index >= 15 is 4.39 Å². The molecule has 0 aliphatic carbocycles. The molecule has 1 fully saturated rings. The average molecular weight is 414 g/mol. The molecule has 156 valence electrons. The molecule has 0 N–H and O–H groups in total. The van der Waals surface area contributed by atoms with Crippen LogP contribution < -0.4 is 9.64 Å². The van der Waals surface area contributed by atoms with E-state index in [2.05, 4.69) is 15.0 Å². The summed E-state index contributed by atoms with van der Waals surface area (Å²) in [6, 6.07) is 2.04. The highest BCUT2D eigenvalue weighted by Crippen LogP contribution is 2.38. The smallest absolute Gasteiger partial charge is 0.232 e. The molecular weight excluding hydrogens is 394 g/mol. The summed E-state index contributed by atoms with van der Waals surface area (Å²) >= 11 is 0. The number of alkyl halides is 1. The lowest BCUT2D eigenvalue weighted by Crippen LogP contribution is -2.56. The summed E-state index contributed by atoms with van der Waals surface area (Å²) in [6.45, 7) is 2.62. The normalized spacial score (nSPS) is 23.7. The second-order valence-electron chi connectivity index (χ2n) is 7.64. The number of hydrogen-bond acceptors (Lipinski definition) is 7. The Labute approximate surface area is 172 Å². The van der Waals surface area contributed by atoms with Crippen molar-refractivity contribution in [3.63, 3.8) is 0 Å². The maximum absolute atomic E-state index is 15.3. The Balaban J connectivity index is 1.51. The Morgan fingerprint density at radius 3 is 2.77 bits per heavy atom. The molecule has 0 bridgehead atoms. The quantitative estimate of drug-likeness (QED) is 0.740. The largest absolute Gasteiger partial charge is 0.490 e. The lowest BCUT2D eigenvalue weighted by atomic mass is 9.77. The Kier molecular flexibility index (Phi) is 5.20. The van der Waals surface area contributed by atoms with Gasteiger partial charge in [-0.15, -0.1) is 0 Å². The first-order chi connectivity index (χ1) is 14.4. The van der Waals surface area contributed by atoms with Gasteiger partial charge < -0.3 is 14.5 Å². The minimum Gasteiger partial charge on any atom is -0.490 e. The molecule has 4 heterocycles. The van der Waals surface area contributed by atoms with Crippen molar-refractivity contribution in [3.8, 4) is 11.8 Å². The van der Waals surface area contributed by atoms with Crippen molar-refractivity contribution in [1.82, 2.24) is 19.9 Å². The number of piperidine rings is 1. The number of rotatable bonds is 2. The fraction of sp³-hybridized carbons (Fsp3) is 0.450. The van der Waals surface area contributed by atoms with E-state index in [1.165, 1.54) is 6.20 Å². The van der Waals surface area contributed by atoms with E-state index in [4.69, 9.17) is 4.74 Å². The molecule has 2 aliphatic rings. The zero-order chi connectivity index (χ0) is 21.3. The summed E-state index contributed by atoms with van der Waals surface area (Å²) in [7, 11) is 0. The number of amides is 1. The number of fused-ring (bicyclic) bond motifs is 1. The van der Waals surface area contributed by atoms with Gasteiger partial charge in [0.1, 0.15) is 30.2 Å². The van der Waals surface area contributed by atoms with Crippen molar-refractivity contribution < 1.29 is 18.3 Å². The predicted octanol–water partition coefficient (Wildman–Crippen LogP) is 1.86. The number of nitriles is 1. The zero-order valence-corrected chi connectivity index (χ0v) is 16.4. The van der Waals surface area contributed by atoms with Gasteiger partial charge in [0, 0.05) is 24.5 Å². The van der Waals surface area contributed by atoms with Gasteiger partial charge in [0.2, 0.25) is 11.9 Å². The first kappa shape index (κ1) is 19.9. The van der Waals surface area contributed by atoms with Crippen LogP contribution in [0.2, 0.25) is 0 Å². The standard InChI is InChI=1S/C20H20F2N6O2/c1-20(2-3-28(12-16(20)22)19-25-9-15(21)10-26-19)18(29)27-4-5-30-17-13(6-23)7-24-8-14(17)11-27/h7-10,16H,2-5,11-12H2,1H3/t16-,20+/m0/s1. The molecule has 0 saturated carbocycles. The highest BCUT2D eigenvalue weighted by atomic mass is 19.1. The molecule has 2 atom stereocenters. The first-order valence-electron chi connectivity index (χ1n) is 9.58. The zero-order valence-electron chi connectivity index (χ0n) is 16.4. The van der Waals surface area contributed by atoms with Crippen molar-refractivity contribution in [2.24, 2.45) is 5.41 Å². The second-order valence-corrected chi connectivity index (χ2v) is 7.64. The molecule has 0 spiro atoms. The van der Waals surface area contributed by atoms with E-state index in [9.17, 15) is 14.4 Å². The average Bonchev–Trinajstić information content (AvgIpc) is 2.98. The lowest BCUT2D eigenvalue weighted by molar-refractivity contribution is -0.147. The summed E-state index contributed by atoms with van der Waals surface area (Å²) in [5.41, 5.74) is -0.290. The van der Waals surface area contributed by atoms with E-state index < -0.39 is 17.4 Å². The second kappa shape index (κ2) is 7.82. The van der Waals surface area contributed by atoms with E-state index in [1.54, 1.807) is 22.9 Å². The van der Waals surface area contributed by atoms with Crippen LogP contribution in [-0.2, 0) is 11.3 Å². The third kappa shape index (κ3) is 3.51. The van der Waals surface area contributed by atoms with Gasteiger partial charge in [-0.05, 0) is 13.3 Å². The monoisotopic (exact) mass is 414 g/mol. The molecule has 0 radical (unpaired) electrons. The number of carbonyl (C=O) groups excluding carboxylic acids is 1. The van der Waals surface area contributed by atoms with Gasteiger partial charge in [-0.3, -0.25) is 9.78 Å². The molecule has 8 nitrogen and oxygen atoms in total. The predicted molar refractivity (Wildman–Crippen MR) is 102 cm³/mol. The van der Waals surface area contributed by atoms with E-state index in [0.29, 0.717) is 23.4 Å². The van der Waals surface area contributed by atoms with Crippen LogP contribution in [0.3, 0.4) is 0 Å². The lowest BCUT2D eigenvalue weighted by Gasteiger charge is -2.43. The van der Waals surface area contributed by atoms with Crippen LogP contribution in [-0.4, -0.2) is 58.2 Å². The van der Waals surface area contributed by atoms with Gasteiger partial charge in [-0.25, -0.2) is 18.7 Å². The van der Waals surface area contributed by atoms with Gasteiger partial charge in [-0.2, -0.15) is 5.26 Å². The van der Waals surface area contributed by atoms with Crippen LogP contribution in [0.25, 0.3) is 0 Å². The number of aromatic nitrogens is 3. The minimum atomic E-state index is -1.46. The van der Waals surface area contributed by atoms with Crippen molar-refractivity contribution >= 4 is 11.9 Å². The maximum atomic E-state index is 15.3. The number of carbonyl (C=O) groups is 1. The molecule has 30 heavy (non-hydrogen) atoms. The Morgan fingerprint density at radius 2 is 2.07 bits per heavy atom. The minimum absolute atomic E-state index is 0.0606. The topological polar surface area (TPSA) is 95.2 Å². The summed E-state index contributed by atoms with van der Waals surface area (Å²) in [5.74, 6) is -0.215. The van der Waals surface area contributed by atoms with E-state index in [-0.39, 0.29) is 44.5 Å². The van der Waals surface area contributed by atoms with E-state index in [0.717, 1.165) is 12.4 Å². The Morgan fingerprint density at radius 1 is 1.30 bits per heavy atom. The number of halogens is 2.